The topological polar surface area (TPSA) is 77.0 Å². The van der Waals surface area contributed by atoms with E-state index >= 15 is 0 Å². The number of carbonyl (C=O) groups is 1. The van der Waals surface area contributed by atoms with Gasteiger partial charge in [0.1, 0.15) is 12.1 Å². The summed E-state index contributed by atoms with van der Waals surface area (Å²) in [5.74, 6) is 0.672. The van der Waals surface area contributed by atoms with E-state index in [2.05, 4.69) is 15.5 Å². The number of carbonyl (C=O) groups excluding carboxylic acids is 1. The van der Waals surface area contributed by atoms with Gasteiger partial charge in [-0.15, -0.1) is 5.10 Å². The molecule has 1 amide bonds. The summed E-state index contributed by atoms with van der Waals surface area (Å²) in [5, 5.41) is 10.9. The van der Waals surface area contributed by atoms with E-state index in [1.54, 1.807) is 48.5 Å². The number of rotatable bonds is 4. The second-order valence-corrected chi connectivity index (χ2v) is 4.54. The summed E-state index contributed by atoms with van der Waals surface area (Å²) >= 11 is 0. The van der Waals surface area contributed by atoms with Gasteiger partial charge >= 0.3 is 0 Å². The number of tetrazole rings is 1. The fraction of sp³-hybridized carbons (Fsp3) is 0.143. The van der Waals surface area contributed by atoms with E-state index in [-0.39, 0.29) is 5.91 Å². The summed E-state index contributed by atoms with van der Waals surface area (Å²) in [6.45, 7) is 0.431. The van der Waals surface area contributed by atoms with Crippen molar-refractivity contribution >= 4 is 5.91 Å². The van der Waals surface area contributed by atoms with Crippen molar-refractivity contribution in [2.75, 3.05) is 7.05 Å². The van der Waals surface area contributed by atoms with E-state index in [1.165, 1.54) is 11.0 Å². The molecule has 2 aromatic heterocycles. The average molecular weight is 283 g/mol. The molecule has 0 N–H and O–H groups in total. The number of hydrogen-bond acceptors (Lipinski definition) is 5. The lowest BCUT2D eigenvalue weighted by Crippen LogP contribution is -2.25. The van der Waals surface area contributed by atoms with Gasteiger partial charge in [0.05, 0.1) is 18.5 Å². The highest BCUT2D eigenvalue weighted by Crippen LogP contribution is 2.11. The summed E-state index contributed by atoms with van der Waals surface area (Å²) in [6, 6.07) is 10.7. The van der Waals surface area contributed by atoms with Crippen molar-refractivity contribution < 1.29 is 9.21 Å². The summed E-state index contributed by atoms with van der Waals surface area (Å²) in [6.07, 6.45) is 3.09. The standard InChI is InChI=1S/C14H13N5O2/c1-18(9-13-3-2-8-21-13)14(20)11-4-6-12(7-5-11)19-10-15-16-17-19/h2-8,10H,9H2,1H3. The lowest BCUT2D eigenvalue weighted by molar-refractivity contribution is 0.0775. The number of nitrogens with zero attached hydrogens (tertiary/aromatic N) is 5. The second kappa shape index (κ2) is 5.58. The lowest BCUT2D eigenvalue weighted by Gasteiger charge is -2.15. The third-order valence-corrected chi connectivity index (χ3v) is 3.05. The van der Waals surface area contributed by atoms with Crippen molar-refractivity contribution in [1.29, 1.82) is 0 Å². The largest absolute Gasteiger partial charge is 0.467 e. The third kappa shape index (κ3) is 2.81. The number of furan rings is 1. The van der Waals surface area contributed by atoms with Crippen LogP contribution >= 0.6 is 0 Å². The maximum atomic E-state index is 12.3. The normalized spacial score (nSPS) is 10.5. The molecule has 7 heteroatoms. The third-order valence-electron chi connectivity index (χ3n) is 3.05. The molecule has 0 unspecified atom stereocenters. The van der Waals surface area contributed by atoms with Crippen LogP contribution in [0.25, 0.3) is 5.69 Å². The molecular weight excluding hydrogens is 270 g/mol. The van der Waals surface area contributed by atoms with Crippen molar-refractivity contribution in [3.63, 3.8) is 0 Å². The van der Waals surface area contributed by atoms with Crippen LogP contribution in [0.1, 0.15) is 16.1 Å². The van der Waals surface area contributed by atoms with E-state index in [1.807, 2.05) is 6.07 Å². The minimum Gasteiger partial charge on any atom is -0.467 e. The quantitative estimate of drug-likeness (QED) is 0.725. The Kier molecular flexibility index (Phi) is 3.46. The molecule has 0 saturated carbocycles. The molecule has 1 aromatic carbocycles. The fourth-order valence-corrected chi connectivity index (χ4v) is 1.96. The van der Waals surface area contributed by atoms with E-state index < -0.39 is 0 Å². The molecule has 3 rings (SSSR count). The first-order valence-electron chi connectivity index (χ1n) is 6.35. The predicted octanol–water partition coefficient (Wildman–Crippen LogP) is 1.53. The van der Waals surface area contributed by atoms with E-state index in [0.29, 0.717) is 12.1 Å². The highest BCUT2D eigenvalue weighted by molar-refractivity contribution is 5.94. The Bertz CT molecular complexity index is 704. The average Bonchev–Trinajstić information content (AvgIpc) is 3.20. The zero-order valence-electron chi connectivity index (χ0n) is 11.4. The molecule has 0 aliphatic carbocycles. The van der Waals surface area contributed by atoms with Crippen LogP contribution < -0.4 is 0 Å². The number of benzene rings is 1. The fourth-order valence-electron chi connectivity index (χ4n) is 1.96. The summed E-state index contributed by atoms with van der Waals surface area (Å²) in [7, 11) is 1.74. The van der Waals surface area contributed by atoms with E-state index in [4.69, 9.17) is 4.42 Å². The van der Waals surface area contributed by atoms with Gasteiger partial charge in [0.25, 0.3) is 5.91 Å². The van der Waals surface area contributed by atoms with E-state index in [9.17, 15) is 4.79 Å². The molecule has 3 aromatic rings. The molecule has 7 nitrogen and oxygen atoms in total. The van der Waals surface area contributed by atoms with Crippen molar-refractivity contribution in [2.45, 2.75) is 6.54 Å². The predicted molar refractivity (Wildman–Crippen MR) is 73.7 cm³/mol. The zero-order valence-corrected chi connectivity index (χ0v) is 11.4. The first-order valence-corrected chi connectivity index (χ1v) is 6.35. The highest BCUT2D eigenvalue weighted by Gasteiger charge is 2.13. The molecule has 0 saturated heterocycles. The van der Waals surface area contributed by atoms with Gasteiger partial charge in [-0.05, 0) is 46.8 Å². The zero-order chi connectivity index (χ0) is 14.7. The minimum absolute atomic E-state index is 0.0744. The van der Waals surface area contributed by atoms with Crippen LogP contribution in [-0.2, 0) is 6.54 Å². The van der Waals surface area contributed by atoms with Gasteiger partial charge in [-0.25, -0.2) is 4.68 Å². The maximum absolute atomic E-state index is 12.3. The SMILES string of the molecule is CN(Cc1ccco1)C(=O)c1ccc(-n2cnnn2)cc1. The molecule has 0 atom stereocenters. The smallest absolute Gasteiger partial charge is 0.254 e. The molecular formula is C14H13N5O2. The Labute approximate surface area is 120 Å². The summed E-state index contributed by atoms with van der Waals surface area (Å²) in [4.78, 5) is 13.9. The van der Waals surface area contributed by atoms with Gasteiger partial charge in [0.2, 0.25) is 0 Å². The van der Waals surface area contributed by atoms with E-state index in [0.717, 1.165) is 11.4 Å². The Morgan fingerprint density at radius 1 is 1.29 bits per heavy atom. The van der Waals surface area contributed by atoms with Crippen LogP contribution in [0.15, 0.2) is 53.4 Å². The molecule has 0 radical (unpaired) electrons. The Morgan fingerprint density at radius 2 is 2.10 bits per heavy atom. The first-order chi connectivity index (χ1) is 10.2. The number of hydrogen-bond donors (Lipinski definition) is 0. The van der Waals surface area contributed by atoms with Gasteiger partial charge in [-0.2, -0.15) is 0 Å². The lowest BCUT2D eigenvalue weighted by atomic mass is 10.2. The first kappa shape index (κ1) is 13.0. The molecule has 106 valence electrons. The van der Waals surface area contributed by atoms with Crippen LogP contribution in [0.2, 0.25) is 0 Å². The van der Waals surface area contributed by atoms with Gasteiger partial charge in [-0.3, -0.25) is 4.79 Å². The molecule has 0 spiro atoms. The molecule has 0 bridgehead atoms. The van der Waals surface area contributed by atoms with Crippen molar-refractivity contribution in [3.05, 3.63) is 60.3 Å². The Hall–Kier alpha value is -2.96. The monoisotopic (exact) mass is 283 g/mol. The van der Waals surface area contributed by atoms with Crippen LogP contribution in [0.4, 0.5) is 0 Å². The van der Waals surface area contributed by atoms with Crippen LogP contribution in [0.3, 0.4) is 0 Å². The van der Waals surface area contributed by atoms with Gasteiger partial charge in [0.15, 0.2) is 0 Å². The molecule has 0 fully saturated rings. The minimum atomic E-state index is -0.0744. The molecule has 21 heavy (non-hydrogen) atoms. The van der Waals surface area contributed by atoms with Crippen LogP contribution in [0.5, 0.6) is 0 Å². The van der Waals surface area contributed by atoms with Gasteiger partial charge < -0.3 is 9.32 Å². The van der Waals surface area contributed by atoms with Crippen molar-refractivity contribution in [2.24, 2.45) is 0 Å². The summed E-state index contributed by atoms with van der Waals surface area (Å²) in [5.41, 5.74) is 1.39. The number of aromatic nitrogens is 4. The molecule has 0 aliphatic rings. The summed E-state index contributed by atoms with van der Waals surface area (Å²) < 4.78 is 6.77. The van der Waals surface area contributed by atoms with Crippen LogP contribution in [-0.4, -0.2) is 38.1 Å². The van der Waals surface area contributed by atoms with Crippen molar-refractivity contribution in [1.82, 2.24) is 25.1 Å². The molecule has 2 heterocycles. The Balaban J connectivity index is 1.72. The van der Waals surface area contributed by atoms with Crippen molar-refractivity contribution in [3.8, 4) is 5.69 Å². The molecule has 0 aliphatic heterocycles. The van der Waals surface area contributed by atoms with Gasteiger partial charge in [-0.1, -0.05) is 0 Å². The van der Waals surface area contributed by atoms with Gasteiger partial charge in [0, 0.05) is 12.6 Å². The Morgan fingerprint density at radius 3 is 2.71 bits per heavy atom. The number of amides is 1. The van der Waals surface area contributed by atoms with Crippen LogP contribution in [0, 0.1) is 0 Å². The highest BCUT2D eigenvalue weighted by atomic mass is 16.3. The second-order valence-electron chi connectivity index (χ2n) is 4.54. The maximum Gasteiger partial charge on any atom is 0.254 e.